The number of carbonyl (C=O) groups excluding carboxylic acids is 1. The van der Waals surface area contributed by atoms with Gasteiger partial charge in [0.15, 0.2) is 17.2 Å². The molecule has 6 nitrogen and oxygen atoms in total. The molecule has 0 fully saturated rings. The van der Waals surface area contributed by atoms with Crippen LogP contribution in [0.25, 0.3) is 6.08 Å². The predicted octanol–water partition coefficient (Wildman–Crippen LogP) is 2.77. The summed E-state index contributed by atoms with van der Waals surface area (Å²) in [7, 11) is 1.56. The summed E-state index contributed by atoms with van der Waals surface area (Å²) in [6, 6.07) is 12.6. The Bertz CT molecular complexity index is 885. The van der Waals surface area contributed by atoms with Gasteiger partial charge < -0.3 is 18.9 Å². The van der Waals surface area contributed by atoms with Gasteiger partial charge in [0, 0.05) is 0 Å². The third kappa shape index (κ3) is 2.48. The average Bonchev–Trinajstić information content (AvgIpc) is 3.21. The number of hydrogen-bond donors (Lipinski definition) is 0. The number of rotatable bonds is 3. The molecule has 0 bridgehead atoms. The van der Waals surface area contributed by atoms with Crippen LogP contribution in [-0.2, 0) is 9.53 Å². The Kier molecular flexibility index (Phi) is 3.42. The Morgan fingerprint density at radius 2 is 1.96 bits per heavy atom. The van der Waals surface area contributed by atoms with Crippen molar-refractivity contribution in [2.75, 3.05) is 13.9 Å². The molecule has 0 aliphatic carbocycles. The van der Waals surface area contributed by atoms with Crippen LogP contribution in [0, 0.1) is 0 Å². The summed E-state index contributed by atoms with van der Waals surface area (Å²) >= 11 is 0. The number of carbonyl (C=O) groups is 1. The Hall–Kier alpha value is -3.28. The molecule has 0 spiro atoms. The van der Waals surface area contributed by atoms with Crippen LogP contribution in [0.5, 0.6) is 17.2 Å². The Labute approximate surface area is 137 Å². The van der Waals surface area contributed by atoms with Crippen molar-refractivity contribution in [2.24, 2.45) is 4.99 Å². The number of esters is 1. The maximum Gasteiger partial charge on any atom is 0.363 e. The number of aliphatic imine (C=N–C) groups is 1. The number of ether oxygens (including phenoxy) is 4. The van der Waals surface area contributed by atoms with Gasteiger partial charge in [-0.15, -0.1) is 0 Å². The van der Waals surface area contributed by atoms with E-state index in [0.717, 1.165) is 5.56 Å². The second kappa shape index (κ2) is 5.73. The van der Waals surface area contributed by atoms with Gasteiger partial charge in [0.2, 0.25) is 12.7 Å². The van der Waals surface area contributed by atoms with E-state index in [-0.39, 0.29) is 18.4 Å². The highest BCUT2D eigenvalue weighted by Gasteiger charge is 2.26. The number of hydrogen-bond acceptors (Lipinski definition) is 6. The summed E-state index contributed by atoms with van der Waals surface area (Å²) in [6.07, 6.45) is 1.65. The molecule has 0 unspecified atom stereocenters. The fraction of sp³-hybridized carbons (Fsp3) is 0.111. The standard InChI is InChI=1S/C18H13NO5/c1-21-14-5-3-2-4-12(14)17-19-13(18(20)24-17)8-11-6-7-15-16(9-11)23-10-22-15/h2-9H,10H2,1H3. The van der Waals surface area contributed by atoms with E-state index in [4.69, 9.17) is 18.9 Å². The van der Waals surface area contributed by atoms with E-state index < -0.39 is 5.97 Å². The first-order valence-corrected chi connectivity index (χ1v) is 7.30. The van der Waals surface area contributed by atoms with E-state index in [1.807, 2.05) is 18.2 Å². The highest BCUT2D eigenvalue weighted by atomic mass is 16.7. The van der Waals surface area contributed by atoms with Crippen LogP contribution in [0.1, 0.15) is 11.1 Å². The average molecular weight is 323 g/mol. The molecule has 0 saturated heterocycles. The summed E-state index contributed by atoms with van der Waals surface area (Å²) in [5.74, 6) is 1.64. The Balaban J connectivity index is 1.68. The van der Waals surface area contributed by atoms with Gasteiger partial charge in [-0.25, -0.2) is 9.79 Å². The summed E-state index contributed by atoms with van der Waals surface area (Å²) < 4.78 is 21.1. The molecule has 0 N–H and O–H groups in total. The van der Waals surface area contributed by atoms with Crippen molar-refractivity contribution >= 4 is 17.9 Å². The minimum Gasteiger partial charge on any atom is -0.496 e. The van der Waals surface area contributed by atoms with E-state index in [1.165, 1.54) is 0 Å². The molecule has 0 atom stereocenters. The van der Waals surface area contributed by atoms with Gasteiger partial charge in [0.1, 0.15) is 5.75 Å². The maximum atomic E-state index is 12.1. The zero-order valence-electron chi connectivity index (χ0n) is 12.8. The van der Waals surface area contributed by atoms with Crippen LogP contribution >= 0.6 is 0 Å². The van der Waals surface area contributed by atoms with E-state index in [1.54, 1.807) is 37.5 Å². The van der Waals surface area contributed by atoms with E-state index >= 15 is 0 Å². The first-order chi connectivity index (χ1) is 11.7. The highest BCUT2D eigenvalue weighted by Crippen LogP contribution is 2.33. The second-order valence-electron chi connectivity index (χ2n) is 5.15. The number of nitrogens with zero attached hydrogens (tertiary/aromatic N) is 1. The van der Waals surface area contributed by atoms with Gasteiger partial charge in [0.25, 0.3) is 0 Å². The van der Waals surface area contributed by atoms with Crippen LogP contribution < -0.4 is 14.2 Å². The Morgan fingerprint density at radius 1 is 1.12 bits per heavy atom. The first-order valence-electron chi connectivity index (χ1n) is 7.30. The zero-order chi connectivity index (χ0) is 16.5. The lowest BCUT2D eigenvalue weighted by molar-refractivity contribution is -0.129. The summed E-state index contributed by atoms with van der Waals surface area (Å²) in [6.45, 7) is 0.202. The lowest BCUT2D eigenvalue weighted by Gasteiger charge is -2.05. The fourth-order valence-corrected chi connectivity index (χ4v) is 2.51. The van der Waals surface area contributed by atoms with Crippen molar-refractivity contribution in [2.45, 2.75) is 0 Å². The van der Waals surface area contributed by atoms with Crippen molar-refractivity contribution in [3.63, 3.8) is 0 Å². The first kappa shape index (κ1) is 14.3. The maximum absolute atomic E-state index is 12.1. The van der Waals surface area contributed by atoms with Crippen molar-refractivity contribution in [1.29, 1.82) is 0 Å². The number of fused-ring (bicyclic) bond motifs is 1. The molecule has 0 amide bonds. The molecule has 2 aliphatic heterocycles. The molecule has 4 rings (SSSR count). The summed E-state index contributed by atoms with van der Waals surface area (Å²) in [4.78, 5) is 16.4. The number of cyclic esters (lactones) is 1. The Morgan fingerprint density at radius 3 is 2.83 bits per heavy atom. The monoisotopic (exact) mass is 323 g/mol. The van der Waals surface area contributed by atoms with Gasteiger partial charge in [0.05, 0.1) is 12.7 Å². The van der Waals surface area contributed by atoms with Crippen LogP contribution in [0.3, 0.4) is 0 Å². The molecular formula is C18H13NO5. The smallest absolute Gasteiger partial charge is 0.363 e. The zero-order valence-corrected chi connectivity index (χ0v) is 12.8. The molecule has 2 heterocycles. The largest absolute Gasteiger partial charge is 0.496 e. The normalized spacial score (nSPS) is 17.0. The third-order valence-electron chi connectivity index (χ3n) is 3.66. The number of para-hydroxylation sites is 1. The molecule has 24 heavy (non-hydrogen) atoms. The minimum absolute atomic E-state index is 0.202. The quantitative estimate of drug-likeness (QED) is 0.642. The molecule has 2 aliphatic rings. The SMILES string of the molecule is COc1ccccc1C1=NC(=Cc2ccc3c(c2)OCO3)C(=O)O1. The van der Waals surface area contributed by atoms with Crippen LogP contribution in [-0.4, -0.2) is 25.8 Å². The lowest BCUT2D eigenvalue weighted by Crippen LogP contribution is -2.06. The van der Waals surface area contributed by atoms with Crippen molar-refractivity contribution in [3.8, 4) is 17.2 Å². The summed E-state index contributed by atoms with van der Waals surface area (Å²) in [5.41, 5.74) is 1.62. The van der Waals surface area contributed by atoms with Crippen LogP contribution in [0.15, 0.2) is 53.2 Å². The van der Waals surface area contributed by atoms with E-state index in [2.05, 4.69) is 4.99 Å². The molecule has 0 aromatic heterocycles. The van der Waals surface area contributed by atoms with Crippen molar-refractivity contribution < 1.29 is 23.7 Å². The second-order valence-corrected chi connectivity index (χ2v) is 5.15. The van der Waals surface area contributed by atoms with Gasteiger partial charge in [-0.1, -0.05) is 18.2 Å². The molecular weight excluding hydrogens is 310 g/mol. The molecule has 2 aromatic carbocycles. The molecule has 0 radical (unpaired) electrons. The van der Waals surface area contributed by atoms with Crippen molar-refractivity contribution in [1.82, 2.24) is 0 Å². The fourth-order valence-electron chi connectivity index (χ4n) is 2.51. The molecule has 6 heteroatoms. The van der Waals surface area contributed by atoms with E-state index in [0.29, 0.717) is 22.8 Å². The van der Waals surface area contributed by atoms with Gasteiger partial charge in [-0.05, 0) is 35.9 Å². The number of methoxy groups -OCH3 is 1. The highest BCUT2D eigenvalue weighted by molar-refractivity contribution is 6.13. The van der Waals surface area contributed by atoms with Crippen LogP contribution in [0.4, 0.5) is 0 Å². The van der Waals surface area contributed by atoms with Gasteiger partial charge in [-0.3, -0.25) is 0 Å². The predicted molar refractivity (Wildman–Crippen MR) is 86.2 cm³/mol. The van der Waals surface area contributed by atoms with Gasteiger partial charge in [-0.2, -0.15) is 0 Å². The van der Waals surface area contributed by atoms with E-state index in [9.17, 15) is 4.79 Å². The lowest BCUT2D eigenvalue weighted by atomic mass is 10.1. The number of benzene rings is 2. The third-order valence-corrected chi connectivity index (χ3v) is 3.66. The van der Waals surface area contributed by atoms with Crippen molar-refractivity contribution in [3.05, 3.63) is 59.3 Å². The topological polar surface area (TPSA) is 66.3 Å². The molecule has 2 aromatic rings. The summed E-state index contributed by atoms with van der Waals surface area (Å²) in [5, 5.41) is 0. The molecule has 0 saturated carbocycles. The van der Waals surface area contributed by atoms with Crippen LogP contribution in [0.2, 0.25) is 0 Å². The molecule has 120 valence electrons. The van der Waals surface area contributed by atoms with Gasteiger partial charge >= 0.3 is 5.97 Å². The minimum atomic E-state index is -0.506.